The van der Waals surface area contributed by atoms with Crippen molar-refractivity contribution in [3.8, 4) is 0 Å². The lowest BCUT2D eigenvalue weighted by molar-refractivity contribution is -0.0933. The van der Waals surface area contributed by atoms with Crippen LogP contribution in [0.1, 0.15) is 40.8 Å². The zero-order chi connectivity index (χ0) is 20.8. The summed E-state index contributed by atoms with van der Waals surface area (Å²) in [6.07, 6.45) is 2.55. The number of aromatic nitrogens is 4. The summed E-state index contributed by atoms with van der Waals surface area (Å²) in [7, 11) is 1.75. The first kappa shape index (κ1) is 24.7. The molecule has 3 rings (SSSR count). The van der Waals surface area contributed by atoms with Crippen LogP contribution in [0.15, 0.2) is 16.1 Å². The molecule has 2 atom stereocenters. The van der Waals surface area contributed by atoms with Crippen LogP contribution in [0.25, 0.3) is 11.2 Å². The number of H-pyrrole nitrogens is 1. The van der Waals surface area contributed by atoms with E-state index in [2.05, 4.69) is 25.3 Å². The Morgan fingerprint density at radius 1 is 1.41 bits per heavy atom. The summed E-state index contributed by atoms with van der Waals surface area (Å²) in [5.41, 5.74) is 5.73. The minimum atomic E-state index is -0.385. The largest absolute Gasteiger partial charge is 0.394 e. The summed E-state index contributed by atoms with van der Waals surface area (Å²) >= 11 is 0. The number of nitrogens with one attached hydrogen (secondary N) is 2. The summed E-state index contributed by atoms with van der Waals surface area (Å²) in [4.78, 5) is 25.8. The smallest absolute Gasteiger partial charge is 0.280 e. The van der Waals surface area contributed by atoms with Crippen LogP contribution in [-0.2, 0) is 4.74 Å². The van der Waals surface area contributed by atoms with Gasteiger partial charge in [-0.15, -0.1) is 0 Å². The van der Waals surface area contributed by atoms with Gasteiger partial charge in [0.15, 0.2) is 11.2 Å². The lowest BCUT2D eigenvalue weighted by Crippen LogP contribution is -2.44. The molecule has 0 bridgehead atoms. The number of aliphatic imine (C=N–C) groups is 1. The second kappa shape index (κ2) is 13.8. The number of aliphatic hydroxyl groups is 1. The Hall–Kier alpha value is -2.30. The van der Waals surface area contributed by atoms with E-state index in [1.165, 1.54) is 6.33 Å². The molecule has 3 heterocycles. The van der Waals surface area contributed by atoms with Gasteiger partial charge in [-0.2, -0.15) is 4.98 Å². The Morgan fingerprint density at radius 2 is 2.04 bits per heavy atom. The molecule has 1 fully saturated rings. The molecule has 10 heteroatoms. The molecule has 154 valence electrons. The molecule has 0 amide bonds. The van der Waals surface area contributed by atoms with Crippen LogP contribution in [-0.4, -0.2) is 63.7 Å². The van der Waals surface area contributed by atoms with Crippen molar-refractivity contribution in [2.24, 2.45) is 4.99 Å². The SMILES string of the molecule is CC.CC.CC=NC.Nc1nc2c(ncn2C2CNCC(CO)O2)c(=O)[nH]1. The summed E-state index contributed by atoms with van der Waals surface area (Å²) in [5.74, 6) is 0.0294. The van der Waals surface area contributed by atoms with E-state index in [0.29, 0.717) is 18.7 Å². The van der Waals surface area contributed by atoms with E-state index in [4.69, 9.17) is 15.6 Å². The fourth-order valence-electron chi connectivity index (χ4n) is 2.11. The second-order valence-electron chi connectivity index (χ2n) is 4.85. The van der Waals surface area contributed by atoms with Crippen LogP contribution >= 0.6 is 0 Å². The maximum atomic E-state index is 11.7. The third-order valence-electron chi connectivity index (χ3n) is 3.26. The van der Waals surface area contributed by atoms with E-state index in [-0.39, 0.29) is 36.0 Å². The maximum Gasteiger partial charge on any atom is 0.280 e. The van der Waals surface area contributed by atoms with Crippen molar-refractivity contribution in [3.05, 3.63) is 16.7 Å². The van der Waals surface area contributed by atoms with E-state index in [9.17, 15) is 4.79 Å². The van der Waals surface area contributed by atoms with Gasteiger partial charge in [0.25, 0.3) is 5.56 Å². The number of anilines is 1. The lowest BCUT2D eigenvalue weighted by atomic mass is 10.3. The van der Waals surface area contributed by atoms with Crippen molar-refractivity contribution in [1.82, 2.24) is 24.8 Å². The predicted octanol–water partition coefficient (Wildman–Crippen LogP) is 0.940. The molecule has 27 heavy (non-hydrogen) atoms. The Morgan fingerprint density at radius 3 is 2.59 bits per heavy atom. The van der Waals surface area contributed by atoms with Gasteiger partial charge in [0.2, 0.25) is 5.95 Å². The van der Waals surface area contributed by atoms with Gasteiger partial charge in [0.1, 0.15) is 6.23 Å². The van der Waals surface area contributed by atoms with Crippen molar-refractivity contribution in [2.75, 3.05) is 32.5 Å². The number of nitrogen functional groups attached to an aromatic ring is 1. The highest BCUT2D eigenvalue weighted by molar-refractivity contribution is 5.70. The Kier molecular flexibility index (Phi) is 12.7. The predicted molar refractivity (Wildman–Crippen MR) is 109 cm³/mol. The normalized spacial score (nSPS) is 18.6. The molecule has 0 aromatic carbocycles. The van der Waals surface area contributed by atoms with Gasteiger partial charge in [-0.3, -0.25) is 14.3 Å². The van der Waals surface area contributed by atoms with E-state index in [1.54, 1.807) is 17.8 Å². The number of morpholine rings is 1. The molecule has 2 unspecified atom stereocenters. The molecule has 1 aliphatic rings. The molecular formula is C17H33N7O3. The zero-order valence-corrected chi connectivity index (χ0v) is 17.1. The van der Waals surface area contributed by atoms with E-state index >= 15 is 0 Å². The highest BCUT2D eigenvalue weighted by atomic mass is 16.5. The number of nitrogens with two attached hydrogens (primary N) is 1. The standard InChI is InChI=1S/C10H14N6O3.C3H7N.2C2H6/c11-10-14-8-7(9(18)15-10)13-4-16(8)6-2-12-1-5(3-17)19-6;1-3-4-2;2*1-2/h4-6,12,17H,1-3H2,(H3,11,14,15,18);3H,1-2H3;2*1-2H3. The molecule has 1 saturated heterocycles. The highest BCUT2D eigenvalue weighted by Crippen LogP contribution is 2.18. The van der Waals surface area contributed by atoms with Gasteiger partial charge in [-0.25, -0.2) is 4.98 Å². The molecule has 1 aliphatic heterocycles. The molecular weight excluding hydrogens is 350 g/mol. The number of ether oxygens (including phenoxy) is 1. The third-order valence-corrected chi connectivity index (χ3v) is 3.26. The number of aliphatic hydroxyl groups excluding tert-OH is 1. The number of imidazole rings is 1. The van der Waals surface area contributed by atoms with Crippen LogP contribution < -0.4 is 16.6 Å². The van der Waals surface area contributed by atoms with Crippen molar-refractivity contribution in [2.45, 2.75) is 47.0 Å². The highest BCUT2D eigenvalue weighted by Gasteiger charge is 2.25. The first-order valence-corrected chi connectivity index (χ1v) is 9.16. The first-order chi connectivity index (χ1) is 13.1. The van der Waals surface area contributed by atoms with E-state index < -0.39 is 0 Å². The number of hydrogen-bond acceptors (Lipinski definition) is 8. The number of nitrogens with zero attached hydrogens (tertiary/aromatic N) is 4. The van der Waals surface area contributed by atoms with Crippen LogP contribution in [0.2, 0.25) is 0 Å². The average molecular weight is 383 g/mol. The average Bonchev–Trinajstić information content (AvgIpc) is 3.15. The number of aromatic amines is 1. The fourth-order valence-corrected chi connectivity index (χ4v) is 2.11. The lowest BCUT2D eigenvalue weighted by Gasteiger charge is -2.30. The van der Waals surface area contributed by atoms with Crippen LogP contribution in [0.4, 0.5) is 5.95 Å². The van der Waals surface area contributed by atoms with Gasteiger partial charge in [-0.05, 0) is 13.1 Å². The number of rotatable bonds is 2. The van der Waals surface area contributed by atoms with Crippen molar-refractivity contribution in [1.29, 1.82) is 0 Å². The Labute approximate surface area is 159 Å². The summed E-state index contributed by atoms with van der Waals surface area (Å²) in [6.45, 7) is 10.9. The minimum absolute atomic E-state index is 0.0294. The van der Waals surface area contributed by atoms with Crippen molar-refractivity contribution >= 4 is 23.3 Å². The van der Waals surface area contributed by atoms with E-state index in [1.807, 2.05) is 34.6 Å². The van der Waals surface area contributed by atoms with Gasteiger partial charge in [-0.1, -0.05) is 27.7 Å². The van der Waals surface area contributed by atoms with Crippen molar-refractivity contribution < 1.29 is 9.84 Å². The topological polar surface area (TPSA) is 143 Å². The molecule has 2 aromatic rings. The van der Waals surface area contributed by atoms with Gasteiger partial charge in [0.05, 0.1) is 19.0 Å². The molecule has 0 saturated carbocycles. The summed E-state index contributed by atoms with van der Waals surface area (Å²) < 4.78 is 7.32. The molecule has 5 N–H and O–H groups in total. The molecule has 0 radical (unpaired) electrons. The monoisotopic (exact) mass is 383 g/mol. The molecule has 2 aromatic heterocycles. The molecule has 0 aliphatic carbocycles. The van der Waals surface area contributed by atoms with Crippen LogP contribution in [0.3, 0.4) is 0 Å². The van der Waals surface area contributed by atoms with Gasteiger partial charge in [0, 0.05) is 20.1 Å². The third kappa shape index (κ3) is 7.08. The summed E-state index contributed by atoms with van der Waals surface area (Å²) in [6, 6.07) is 0. The fraction of sp³-hybridized carbons (Fsp3) is 0.647. The Balaban J connectivity index is 0.000000737. The van der Waals surface area contributed by atoms with Crippen molar-refractivity contribution in [3.63, 3.8) is 0 Å². The van der Waals surface area contributed by atoms with E-state index in [0.717, 1.165) is 0 Å². The first-order valence-electron chi connectivity index (χ1n) is 9.16. The van der Waals surface area contributed by atoms with Gasteiger partial charge >= 0.3 is 0 Å². The van der Waals surface area contributed by atoms with Gasteiger partial charge < -0.3 is 25.9 Å². The van der Waals surface area contributed by atoms with Crippen LogP contribution in [0, 0.1) is 0 Å². The molecule has 0 spiro atoms. The quantitative estimate of drug-likeness (QED) is 0.565. The summed E-state index contributed by atoms with van der Waals surface area (Å²) in [5, 5.41) is 12.3. The Bertz CT molecular complexity index is 723. The second-order valence-corrected chi connectivity index (χ2v) is 4.85. The molecule has 10 nitrogen and oxygen atoms in total. The van der Waals surface area contributed by atoms with Crippen LogP contribution in [0.5, 0.6) is 0 Å². The number of hydrogen-bond donors (Lipinski definition) is 4. The minimum Gasteiger partial charge on any atom is -0.394 e. The maximum absolute atomic E-state index is 11.7. The number of fused-ring (bicyclic) bond motifs is 1. The zero-order valence-electron chi connectivity index (χ0n) is 17.1.